The van der Waals surface area contributed by atoms with E-state index >= 15 is 0 Å². The zero-order chi connectivity index (χ0) is 19.4. The number of nitro benzene ring substituents is 1. The number of benzene rings is 2. The molecule has 0 fully saturated rings. The van der Waals surface area contributed by atoms with Crippen LogP contribution in [0.5, 0.6) is 5.75 Å². The number of methoxy groups -OCH3 is 1. The van der Waals surface area contributed by atoms with Gasteiger partial charge in [0.2, 0.25) is 0 Å². The number of nitro groups is 1. The van der Waals surface area contributed by atoms with Crippen LogP contribution >= 0.6 is 0 Å². The summed E-state index contributed by atoms with van der Waals surface area (Å²) in [7, 11) is 1.40. The van der Waals surface area contributed by atoms with E-state index in [9.17, 15) is 14.9 Å². The van der Waals surface area contributed by atoms with Gasteiger partial charge in [-0.2, -0.15) is 0 Å². The van der Waals surface area contributed by atoms with Crippen LogP contribution in [-0.4, -0.2) is 33.4 Å². The lowest BCUT2D eigenvalue weighted by Gasteiger charge is -2.20. The third-order valence-electron chi connectivity index (χ3n) is 4.33. The van der Waals surface area contributed by atoms with Gasteiger partial charge in [0, 0.05) is 12.6 Å². The lowest BCUT2D eigenvalue weighted by atomic mass is 10.1. The lowest BCUT2D eigenvalue weighted by molar-refractivity contribution is -0.385. The Morgan fingerprint density at radius 1 is 1.22 bits per heavy atom. The standard InChI is InChI=1S/C19H20N4O4/c1-3-22(11-13-8-9-17(27-2)16(10-13)23(25)26)12-18-20-15-7-5-4-6-14(15)19(24)21-18/h4-10H,3,11-12H2,1-2H3,(H,20,21,24). The number of fused-ring (bicyclic) bond motifs is 1. The van der Waals surface area contributed by atoms with Crippen LogP contribution in [0.25, 0.3) is 10.9 Å². The first-order chi connectivity index (χ1) is 13.0. The number of aromatic nitrogens is 2. The molecule has 1 aromatic heterocycles. The molecule has 0 saturated carbocycles. The average molecular weight is 368 g/mol. The first kappa shape index (κ1) is 18.5. The monoisotopic (exact) mass is 368 g/mol. The van der Waals surface area contributed by atoms with Crippen molar-refractivity contribution in [3.05, 3.63) is 74.3 Å². The van der Waals surface area contributed by atoms with Gasteiger partial charge >= 0.3 is 5.69 Å². The van der Waals surface area contributed by atoms with E-state index in [1.807, 2.05) is 17.9 Å². The SMILES string of the molecule is CCN(Cc1ccc(OC)c([N+](=O)[O-])c1)Cc1nc2ccccc2c(=O)[nH]1. The number of para-hydroxylation sites is 1. The molecule has 3 aromatic rings. The Bertz CT molecular complexity index is 1030. The molecule has 0 bridgehead atoms. The zero-order valence-corrected chi connectivity index (χ0v) is 15.1. The van der Waals surface area contributed by atoms with E-state index in [0.29, 0.717) is 36.4 Å². The summed E-state index contributed by atoms with van der Waals surface area (Å²) in [6.07, 6.45) is 0. The van der Waals surface area contributed by atoms with Gasteiger partial charge in [-0.05, 0) is 30.3 Å². The van der Waals surface area contributed by atoms with Crippen LogP contribution in [0.3, 0.4) is 0 Å². The van der Waals surface area contributed by atoms with Crippen molar-refractivity contribution in [2.45, 2.75) is 20.0 Å². The number of hydrogen-bond donors (Lipinski definition) is 1. The van der Waals surface area contributed by atoms with E-state index in [1.165, 1.54) is 13.2 Å². The number of aromatic amines is 1. The second-order valence-corrected chi connectivity index (χ2v) is 6.10. The average Bonchev–Trinajstić information content (AvgIpc) is 2.67. The first-order valence-electron chi connectivity index (χ1n) is 8.53. The molecule has 1 heterocycles. The number of rotatable bonds is 7. The van der Waals surface area contributed by atoms with E-state index in [2.05, 4.69) is 9.97 Å². The van der Waals surface area contributed by atoms with Crippen LogP contribution in [0.15, 0.2) is 47.3 Å². The smallest absolute Gasteiger partial charge is 0.311 e. The van der Waals surface area contributed by atoms with Crippen molar-refractivity contribution in [3.8, 4) is 5.75 Å². The van der Waals surface area contributed by atoms with Crippen LogP contribution in [-0.2, 0) is 13.1 Å². The maximum atomic E-state index is 12.2. The van der Waals surface area contributed by atoms with Gasteiger partial charge in [0.05, 0.1) is 29.5 Å². The van der Waals surface area contributed by atoms with Gasteiger partial charge in [0.25, 0.3) is 5.56 Å². The number of nitrogens with zero attached hydrogens (tertiary/aromatic N) is 3. The molecule has 0 aliphatic rings. The van der Waals surface area contributed by atoms with Gasteiger partial charge < -0.3 is 9.72 Å². The van der Waals surface area contributed by atoms with Gasteiger partial charge in [0.1, 0.15) is 5.82 Å². The molecule has 0 amide bonds. The number of hydrogen-bond acceptors (Lipinski definition) is 6. The van der Waals surface area contributed by atoms with Crippen molar-refractivity contribution in [1.82, 2.24) is 14.9 Å². The predicted octanol–water partition coefficient (Wildman–Crippen LogP) is 2.86. The fraction of sp³-hybridized carbons (Fsp3) is 0.263. The Labute approximate surface area is 155 Å². The summed E-state index contributed by atoms with van der Waals surface area (Å²) in [6.45, 7) is 3.59. The minimum absolute atomic E-state index is 0.0664. The molecule has 8 heteroatoms. The quantitative estimate of drug-likeness (QED) is 0.508. The highest BCUT2D eigenvalue weighted by molar-refractivity contribution is 5.77. The summed E-state index contributed by atoms with van der Waals surface area (Å²) < 4.78 is 5.04. The van der Waals surface area contributed by atoms with Crippen LogP contribution in [0.4, 0.5) is 5.69 Å². The molecule has 0 atom stereocenters. The topological polar surface area (TPSA) is 101 Å². The van der Waals surface area contributed by atoms with Crippen LogP contribution in [0, 0.1) is 10.1 Å². The summed E-state index contributed by atoms with van der Waals surface area (Å²) in [5.74, 6) is 0.788. The minimum atomic E-state index is -0.457. The molecule has 140 valence electrons. The summed E-state index contributed by atoms with van der Waals surface area (Å²) in [5.41, 5.74) is 1.19. The molecule has 1 N–H and O–H groups in total. The van der Waals surface area contributed by atoms with Crippen molar-refractivity contribution in [1.29, 1.82) is 0 Å². The van der Waals surface area contributed by atoms with Crippen LogP contribution in [0.1, 0.15) is 18.3 Å². The number of nitrogens with one attached hydrogen (secondary N) is 1. The summed E-state index contributed by atoms with van der Waals surface area (Å²) in [6, 6.07) is 12.1. The molecular weight excluding hydrogens is 348 g/mol. The van der Waals surface area contributed by atoms with E-state index in [4.69, 9.17) is 4.74 Å². The highest BCUT2D eigenvalue weighted by atomic mass is 16.6. The van der Waals surface area contributed by atoms with Crippen molar-refractivity contribution in [2.24, 2.45) is 0 Å². The van der Waals surface area contributed by atoms with Crippen molar-refractivity contribution >= 4 is 16.6 Å². The lowest BCUT2D eigenvalue weighted by Crippen LogP contribution is -2.25. The number of ether oxygens (including phenoxy) is 1. The fourth-order valence-corrected chi connectivity index (χ4v) is 2.94. The second kappa shape index (κ2) is 7.96. The van der Waals surface area contributed by atoms with Gasteiger partial charge in [0.15, 0.2) is 5.75 Å². The molecule has 27 heavy (non-hydrogen) atoms. The van der Waals surface area contributed by atoms with E-state index in [0.717, 1.165) is 5.56 Å². The molecule has 8 nitrogen and oxygen atoms in total. The van der Waals surface area contributed by atoms with Crippen LogP contribution in [0.2, 0.25) is 0 Å². The van der Waals surface area contributed by atoms with E-state index < -0.39 is 4.92 Å². The Hall–Kier alpha value is -3.26. The second-order valence-electron chi connectivity index (χ2n) is 6.10. The Morgan fingerprint density at radius 3 is 2.70 bits per heavy atom. The normalized spacial score (nSPS) is 11.1. The summed E-state index contributed by atoms with van der Waals surface area (Å²) in [4.78, 5) is 32.3. The maximum absolute atomic E-state index is 12.2. The largest absolute Gasteiger partial charge is 0.490 e. The molecule has 0 saturated heterocycles. The van der Waals surface area contributed by atoms with Gasteiger partial charge in [-0.1, -0.05) is 25.1 Å². The third kappa shape index (κ3) is 4.12. The fourth-order valence-electron chi connectivity index (χ4n) is 2.94. The van der Waals surface area contributed by atoms with Crippen LogP contribution < -0.4 is 10.3 Å². The van der Waals surface area contributed by atoms with E-state index in [-0.39, 0.29) is 17.0 Å². The van der Waals surface area contributed by atoms with Crippen molar-refractivity contribution in [3.63, 3.8) is 0 Å². The molecule has 2 aromatic carbocycles. The van der Waals surface area contributed by atoms with Gasteiger partial charge in [-0.3, -0.25) is 19.8 Å². The molecular formula is C19H20N4O4. The highest BCUT2D eigenvalue weighted by Gasteiger charge is 2.16. The molecule has 0 spiro atoms. The Kier molecular flexibility index (Phi) is 5.46. The van der Waals surface area contributed by atoms with Crippen molar-refractivity contribution < 1.29 is 9.66 Å². The Morgan fingerprint density at radius 2 is 2.00 bits per heavy atom. The zero-order valence-electron chi connectivity index (χ0n) is 15.1. The molecule has 0 aliphatic heterocycles. The molecule has 0 unspecified atom stereocenters. The number of H-pyrrole nitrogens is 1. The van der Waals surface area contributed by atoms with Gasteiger partial charge in [-0.25, -0.2) is 4.98 Å². The maximum Gasteiger partial charge on any atom is 0.311 e. The highest BCUT2D eigenvalue weighted by Crippen LogP contribution is 2.28. The third-order valence-corrected chi connectivity index (χ3v) is 4.33. The van der Waals surface area contributed by atoms with Crippen molar-refractivity contribution in [2.75, 3.05) is 13.7 Å². The minimum Gasteiger partial charge on any atom is -0.490 e. The van der Waals surface area contributed by atoms with E-state index in [1.54, 1.807) is 30.3 Å². The Balaban J connectivity index is 1.83. The predicted molar refractivity (Wildman–Crippen MR) is 102 cm³/mol. The molecule has 3 rings (SSSR count). The molecule has 0 radical (unpaired) electrons. The summed E-state index contributed by atoms with van der Waals surface area (Å²) >= 11 is 0. The van der Waals surface area contributed by atoms with Gasteiger partial charge in [-0.15, -0.1) is 0 Å². The summed E-state index contributed by atoms with van der Waals surface area (Å²) in [5, 5.41) is 11.8. The first-order valence-corrected chi connectivity index (χ1v) is 8.53. The molecule has 0 aliphatic carbocycles.